The van der Waals surface area contributed by atoms with Gasteiger partial charge < -0.3 is 15.0 Å². The molecule has 1 N–H and O–H groups in total. The summed E-state index contributed by atoms with van der Waals surface area (Å²) in [7, 11) is 0. The van der Waals surface area contributed by atoms with Crippen LogP contribution in [0.4, 0.5) is 0 Å². The molecule has 1 rings (SSSR count). The fourth-order valence-electron chi connectivity index (χ4n) is 2.39. The Morgan fingerprint density at radius 1 is 1.05 bits per heavy atom. The van der Waals surface area contributed by atoms with Crippen LogP contribution in [0.15, 0.2) is 24.3 Å². The van der Waals surface area contributed by atoms with Gasteiger partial charge in [0, 0.05) is 6.04 Å². The molecule has 0 radical (unpaired) electrons. The number of nitrogens with zero attached hydrogens (tertiary/aromatic N) is 1. The van der Waals surface area contributed by atoms with Gasteiger partial charge in [-0.1, -0.05) is 26.0 Å². The zero-order valence-corrected chi connectivity index (χ0v) is 14.4. The highest BCUT2D eigenvalue weighted by Crippen LogP contribution is 2.18. The largest absolute Gasteiger partial charge is 0.491 e. The van der Waals surface area contributed by atoms with E-state index >= 15 is 0 Å². The van der Waals surface area contributed by atoms with Gasteiger partial charge in [0.15, 0.2) is 0 Å². The van der Waals surface area contributed by atoms with Crippen LogP contribution in [0.1, 0.15) is 52.6 Å². The zero-order chi connectivity index (χ0) is 15.7. The van der Waals surface area contributed by atoms with E-state index in [2.05, 4.69) is 55.3 Å². The molecule has 3 nitrogen and oxygen atoms in total. The molecule has 0 aliphatic rings. The number of hydrogen-bond donors (Lipinski definition) is 1. The molecule has 3 heteroatoms. The molecule has 0 aliphatic heterocycles. The molecule has 0 saturated heterocycles. The molecule has 0 heterocycles. The minimum Gasteiger partial charge on any atom is -0.491 e. The first-order valence-corrected chi connectivity index (χ1v) is 8.29. The van der Waals surface area contributed by atoms with E-state index in [9.17, 15) is 0 Å². The molecule has 1 atom stereocenters. The first kappa shape index (κ1) is 18.0. The van der Waals surface area contributed by atoms with Crippen molar-refractivity contribution in [2.75, 3.05) is 26.2 Å². The van der Waals surface area contributed by atoms with Crippen LogP contribution in [-0.2, 0) is 0 Å². The van der Waals surface area contributed by atoms with Gasteiger partial charge in [0.05, 0.1) is 6.10 Å². The van der Waals surface area contributed by atoms with E-state index in [4.69, 9.17) is 4.74 Å². The fraction of sp³-hybridized carbons (Fsp3) is 0.667. The third kappa shape index (κ3) is 6.96. The van der Waals surface area contributed by atoms with Gasteiger partial charge in [0.2, 0.25) is 0 Å². The Balaban J connectivity index is 2.33. The third-order valence-electron chi connectivity index (χ3n) is 3.75. The summed E-state index contributed by atoms with van der Waals surface area (Å²) in [5, 5.41) is 3.60. The number of benzene rings is 1. The molecule has 0 fully saturated rings. The van der Waals surface area contributed by atoms with Crippen molar-refractivity contribution in [1.82, 2.24) is 10.2 Å². The van der Waals surface area contributed by atoms with Gasteiger partial charge >= 0.3 is 0 Å². The van der Waals surface area contributed by atoms with Gasteiger partial charge in [-0.15, -0.1) is 0 Å². The molecule has 0 aliphatic carbocycles. The van der Waals surface area contributed by atoms with Gasteiger partial charge in [-0.25, -0.2) is 0 Å². The van der Waals surface area contributed by atoms with Crippen molar-refractivity contribution >= 4 is 0 Å². The predicted molar refractivity (Wildman–Crippen MR) is 91.0 cm³/mol. The van der Waals surface area contributed by atoms with Crippen LogP contribution >= 0.6 is 0 Å². The van der Waals surface area contributed by atoms with E-state index in [1.54, 1.807) is 0 Å². The van der Waals surface area contributed by atoms with Crippen LogP contribution in [0.5, 0.6) is 5.75 Å². The quantitative estimate of drug-likeness (QED) is 0.663. The van der Waals surface area contributed by atoms with Gasteiger partial charge in [0.1, 0.15) is 5.75 Å². The minimum absolute atomic E-state index is 0.228. The van der Waals surface area contributed by atoms with E-state index in [0.717, 1.165) is 25.4 Å². The summed E-state index contributed by atoms with van der Waals surface area (Å²) in [6.07, 6.45) is 1.42. The first-order chi connectivity index (χ1) is 10.1. The second kappa shape index (κ2) is 9.80. The number of ether oxygens (including phenoxy) is 1. The summed E-state index contributed by atoms with van der Waals surface area (Å²) in [4.78, 5) is 2.46. The average Bonchev–Trinajstić information content (AvgIpc) is 2.47. The molecule has 0 amide bonds. The smallest absolute Gasteiger partial charge is 0.119 e. The molecule has 1 aromatic carbocycles. The second-order valence-electron chi connectivity index (χ2n) is 5.79. The number of nitrogens with one attached hydrogen (secondary N) is 1. The molecule has 1 unspecified atom stereocenters. The molecule has 21 heavy (non-hydrogen) atoms. The van der Waals surface area contributed by atoms with Crippen molar-refractivity contribution in [2.45, 2.75) is 53.2 Å². The van der Waals surface area contributed by atoms with E-state index in [1.807, 2.05) is 13.8 Å². The molecule has 0 spiro atoms. The maximum Gasteiger partial charge on any atom is 0.119 e. The van der Waals surface area contributed by atoms with Crippen molar-refractivity contribution < 1.29 is 4.74 Å². The van der Waals surface area contributed by atoms with Crippen LogP contribution in [0.2, 0.25) is 0 Å². The molecular weight excluding hydrogens is 260 g/mol. The van der Waals surface area contributed by atoms with Crippen LogP contribution in [0.3, 0.4) is 0 Å². The highest BCUT2D eigenvalue weighted by Gasteiger charge is 2.06. The highest BCUT2D eigenvalue weighted by molar-refractivity contribution is 5.29. The highest BCUT2D eigenvalue weighted by atomic mass is 16.5. The molecule has 1 aromatic rings. The average molecular weight is 292 g/mol. The van der Waals surface area contributed by atoms with Gasteiger partial charge in [-0.2, -0.15) is 0 Å². The lowest BCUT2D eigenvalue weighted by atomic mass is 10.1. The van der Waals surface area contributed by atoms with Crippen LogP contribution < -0.4 is 10.1 Å². The third-order valence-corrected chi connectivity index (χ3v) is 3.75. The topological polar surface area (TPSA) is 24.5 Å². The van der Waals surface area contributed by atoms with Crippen molar-refractivity contribution in [3.63, 3.8) is 0 Å². The fourth-order valence-corrected chi connectivity index (χ4v) is 2.39. The van der Waals surface area contributed by atoms with Gasteiger partial charge in [0.25, 0.3) is 0 Å². The normalized spacial score (nSPS) is 12.9. The summed E-state index contributed by atoms with van der Waals surface area (Å²) >= 11 is 0. The predicted octanol–water partition coefficient (Wildman–Crippen LogP) is 3.86. The van der Waals surface area contributed by atoms with Crippen molar-refractivity contribution in [2.24, 2.45) is 0 Å². The molecule has 120 valence electrons. The second-order valence-corrected chi connectivity index (χ2v) is 5.79. The maximum absolute atomic E-state index is 5.67. The summed E-state index contributed by atoms with van der Waals surface area (Å²) in [5.41, 5.74) is 1.31. The van der Waals surface area contributed by atoms with Crippen molar-refractivity contribution in [3.05, 3.63) is 29.8 Å². The summed E-state index contributed by atoms with van der Waals surface area (Å²) < 4.78 is 5.67. The Morgan fingerprint density at radius 2 is 1.67 bits per heavy atom. The lowest BCUT2D eigenvalue weighted by molar-refractivity contribution is 0.242. The Hall–Kier alpha value is -1.06. The summed E-state index contributed by atoms with van der Waals surface area (Å²) in [6, 6.07) is 8.81. The number of hydrogen-bond acceptors (Lipinski definition) is 3. The monoisotopic (exact) mass is 292 g/mol. The van der Waals surface area contributed by atoms with E-state index in [1.165, 1.54) is 18.5 Å². The Labute approximate surface area is 130 Å². The van der Waals surface area contributed by atoms with Crippen LogP contribution in [-0.4, -0.2) is 37.2 Å². The first-order valence-electron chi connectivity index (χ1n) is 8.29. The molecule has 0 saturated carbocycles. The van der Waals surface area contributed by atoms with Crippen molar-refractivity contribution in [3.8, 4) is 5.75 Å². The lowest BCUT2D eigenvalue weighted by Crippen LogP contribution is -2.28. The lowest BCUT2D eigenvalue weighted by Gasteiger charge is -2.19. The molecule has 0 aromatic heterocycles. The molecule has 0 bridgehead atoms. The van der Waals surface area contributed by atoms with Gasteiger partial charge in [-0.05, 0) is 71.1 Å². The summed E-state index contributed by atoms with van der Waals surface area (Å²) in [6.45, 7) is 15.3. The minimum atomic E-state index is 0.228. The Morgan fingerprint density at radius 3 is 2.19 bits per heavy atom. The van der Waals surface area contributed by atoms with Crippen LogP contribution in [0.25, 0.3) is 0 Å². The standard InChI is InChI=1S/C18H32N2O/c1-6-20(7-2)14-8-13-19-16(5)17-9-11-18(12-10-17)21-15(3)4/h9-12,15-16,19H,6-8,13-14H2,1-5H3. The van der Waals surface area contributed by atoms with Gasteiger partial charge in [-0.3, -0.25) is 0 Å². The maximum atomic E-state index is 5.67. The van der Waals surface area contributed by atoms with E-state index < -0.39 is 0 Å². The Bertz CT molecular complexity index is 371. The molecular formula is C18H32N2O. The van der Waals surface area contributed by atoms with Crippen LogP contribution in [0, 0.1) is 0 Å². The van der Waals surface area contributed by atoms with E-state index in [0.29, 0.717) is 6.04 Å². The summed E-state index contributed by atoms with van der Waals surface area (Å²) in [5.74, 6) is 0.947. The SMILES string of the molecule is CCN(CC)CCCNC(C)c1ccc(OC(C)C)cc1. The van der Waals surface area contributed by atoms with E-state index in [-0.39, 0.29) is 6.10 Å². The Kier molecular flexibility index (Phi) is 8.40. The number of rotatable bonds is 10. The zero-order valence-electron chi connectivity index (χ0n) is 14.4. The van der Waals surface area contributed by atoms with Crippen molar-refractivity contribution in [1.29, 1.82) is 0 Å².